The lowest BCUT2D eigenvalue weighted by Crippen LogP contribution is -2.54. The van der Waals surface area contributed by atoms with E-state index < -0.39 is 17.4 Å². The zero-order chi connectivity index (χ0) is 21.7. The van der Waals surface area contributed by atoms with Gasteiger partial charge in [-0.25, -0.2) is 4.90 Å². The minimum absolute atomic E-state index is 0.132. The van der Waals surface area contributed by atoms with E-state index in [4.69, 9.17) is 11.6 Å². The van der Waals surface area contributed by atoms with E-state index in [-0.39, 0.29) is 23.8 Å². The summed E-state index contributed by atoms with van der Waals surface area (Å²) < 4.78 is 0. The van der Waals surface area contributed by atoms with Gasteiger partial charge < -0.3 is 5.32 Å². The predicted molar refractivity (Wildman–Crippen MR) is 117 cm³/mol. The van der Waals surface area contributed by atoms with Gasteiger partial charge in [-0.15, -0.1) is 0 Å². The molecule has 6 rings (SSSR count). The standard InChI is InChI=1S/C24H22ClN3O3/c1-12-5-7-14(8-6-12)28-21(29)18-17-4-3-9-27(17)24(19(18)22(28)30)15-10-13(2)11-16(25)20(15)26-23(24)31/h5-8,10-11,17-19H,3-4,9H2,1-2H3,(H,26,31). The number of imide groups is 1. The maximum absolute atomic E-state index is 13.9. The number of carbonyl (C=O) groups excluding carboxylic acids is 3. The Morgan fingerprint density at radius 3 is 2.52 bits per heavy atom. The highest BCUT2D eigenvalue weighted by Gasteiger charge is 2.74. The maximum Gasteiger partial charge on any atom is 0.250 e. The molecule has 0 aromatic heterocycles. The molecule has 2 aromatic rings. The Hall–Kier alpha value is -2.70. The monoisotopic (exact) mass is 435 g/mol. The molecule has 0 saturated carbocycles. The summed E-state index contributed by atoms with van der Waals surface area (Å²) in [7, 11) is 0. The first-order chi connectivity index (χ1) is 14.9. The Labute approximate surface area is 185 Å². The number of fused-ring (bicyclic) bond motifs is 7. The molecule has 4 unspecified atom stereocenters. The molecular formula is C24H22ClN3O3. The molecule has 0 bridgehead atoms. The van der Waals surface area contributed by atoms with Crippen molar-refractivity contribution in [2.24, 2.45) is 11.8 Å². The molecule has 7 heteroatoms. The molecule has 4 aliphatic rings. The molecule has 0 radical (unpaired) electrons. The molecule has 2 aromatic carbocycles. The zero-order valence-electron chi connectivity index (χ0n) is 17.3. The third kappa shape index (κ3) is 2.19. The van der Waals surface area contributed by atoms with Crippen LogP contribution >= 0.6 is 11.6 Å². The second-order valence-corrected chi connectivity index (χ2v) is 9.55. The molecule has 3 fully saturated rings. The van der Waals surface area contributed by atoms with Gasteiger partial charge in [0.2, 0.25) is 11.8 Å². The van der Waals surface area contributed by atoms with Gasteiger partial charge in [-0.1, -0.05) is 35.4 Å². The fourth-order valence-electron chi connectivity index (χ4n) is 6.34. The highest BCUT2D eigenvalue weighted by Crippen LogP contribution is 2.61. The van der Waals surface area contributed by atoms with Gasteiger partial charge in [-0.05, 0) is 57.0 Å². The van der Waals surface area contributed by atoms with E-state index in [0.29, 0.717) is 22.9 Å². The van der Waals surface area contributed by atoms with Crippen LogP contribution in [0.15, 0.2) is 36.4 Å². The van der Waals surface area contributed by atoms with Crippen molar-refractivity contribution < 1.29 is 14.4 Å². The minimum Gasteiger partial charge on any atom is -0.323 e. The van der Waals surface area contributed by atoms with Gasteiger partial charge in [-0.2, -0.15) is 0 Å². The van der Waals surface area contributed by atoms with Crippen LogP contribution in [0.1, 0.15) is 29.5 Å². The quantitative estimate of drug-likeness (QED) is 0.697. The van der Waals surface area contributed by atoms with Crippen LogP contribution in [-0.2, 0) is 19.9 Å². The third-order valence-corrected chi connectivity index (χ3v) is 7.79. The van der Waals surface area contributed by atoms with Gasteiger partial charge in [0.1, 0.15) is 5.54 Å². The van der Waals surface area contributed by atoms with Crippen molar-refractivity contribution in [1.82, 2.24) is 4.90 Å². The van der Waals surface area contributed by atoms with Crippen LogP contribution in [-0.4, -0.2) is 35.2 Å². The Morgan fingerprint density at radius 2 is 1.77 bits per heavy atom. The van der Waals surface area contributed by atoms with Crippen molar-refractivity contribution in [1.29, 1.82) is 0 Å². The molecule has 158 valence electrons. The Balaban J connectivity index is 1.57. The first kappa shape index (κ1) is 19.0. The first-order valence-corrected chi connectivity index (χ1v) is 11.1. The molecule has 3 saturated heterocycles. The minimum atomic E-state index is -1.19. The lowest BCUT2D eigenvalue weighted by molar-refractivity contribution is -0.135. The van der Waals surface area contributed by atoms with Crippen molar-refractivity contribution in [3.63, 3.8) is 0 Å². The number of halogens is 1. The average molecular weight is 436 g/mol. The van der Waals surface area contributed by atoms with Crippen LogP contribution in [0.3, 0.4) is 0 Å². The molecule has 4 atom stereocenters. The van der Waals surface area contributed by atoms with Gasteiger partial charge in [0, 0.05) is 11.6 Å². The lowest BCUT2D eigenvalue weighted by Gasteiger charge is -2.36. The van der Waals surface area contributed by atoms with E-state index in [9.17, 15) is 14.4 Å². The normalized spacial score (nSPS) is 31.4. The number of hydrogen-bond acceptors (Lipinski definition) is 4. The fraction of sp³-hybridized carbons (Fsp3) is 0.375. The second kappa shape index (κ2) is 6.17. The number of nitrogens with zero attached hydrogens (tertiary/aromatic N) is 2. The average Bonchev–Trinajstić information content (AvgIpc) is 3.42. The lowest BCUT2D eigenvalue weighted by atomic mass is 9.75. The summed E-state index contributed by atoms with van der Waals surface area (Å²) in [5.74, 6) is -2.04. The number of amides is 3. The van der Waals surface area contributed by atoms with Crippen molar-refractivity contribution in [2.75, 3.05) is 16.8 Å². The van der Waals surface area contributed by atoms with E-state index in [0.717, 1.165) is 29.5 Å². The van der Waals surface area contributed by atoms with Gasteiger partial charge in [-0.3, -0.25) is 19.3 Å². The maximum atomic E-state index is 13.9. The molecule has 3 amide bonds. The molecule has 6 nitrogen and oxygen atoms in total. The number of benzene rings is 2. The largest absolute Gasteiger partial charge is 0.323 e. The first-order valence-electron chi connectivity index (χ1n) is 10.7. The van der Waals surface area contributed by atoms with Crippen LogP contribution in [0.5, 0.6) is 0 Å². The van der Waals surface area contributed by atoms with Gasteiger partial charge in [0.05, 0.1) is 28.2 Å². The van der Waals surface area contributed by atoms with E-state index in [2.05, 4.69) is 10.2 Å². The third-order valence-electron chi connectivity index (χ3n) is 7.49. The zero-order valence-corrected chi connectivity index (χ0v) is 18.1. The summed E-state index contributed by atoms with van der Waals surface area (Å²) in [4.78, 5) is 44.6. The van der Waals surface area contributed by atoms with Crippen LogP contribution < -0.4 is 10.2 Å². The highest BCUT2D eigenvalue weighted by atomic mass is 35.5. The smallest absolute Gasteiger partial charge is 0.250 e. The summed E-state index contributed by atoms with van der Waals surface area (Å²) in [6, 6.07) is 11.0. The fourth-order valence-corrected chi connectivity index (χ4v) is 6.66. The number of carbonyl (C=O) groups is 3. The van der Waals surface area contributed by atoms with E-state index in [1.54, 1.807) is 12.1 Å². The van der Waals surface area contributed by atoms with Crippen molar-refractivity contribution in [3.8, 4) is 0 Å². The molecule has 4 heterocycles. The van der Waals surface area contributed by atoms with Gasteiger partial charge in [0.25, 0.3) is 5.91 Å². The Morgan fingerprint density at radius 1 is 1.03 bits per heavy atom. The SMILES string of the molecule is Cc1ccc(N2C(=O)C3C4CCCN4C4(C(=O)Nc5c(Cl)cc(C)cc54)C3C2=O)cc1. The predicted octanol–water partition coefficient (Wildman–Crippen LogP) is 3.39. The van der Waals surface area contributed by atoms with Crippen LogP contribution in [0.2, 0.25) is 5.02 Å². The van der Waals surface area contributed by atoms with Gasteiger partial charge >= 0.3 is 0 Å². The molecule has 1 N–H and O–H groups in total. The number of aryl methyl sites for hydroxylation is 2. The van der Waals surface area contributed by atoms with Crippen molar-refractivity contribution >= 4 is 40.7 Å². The van der Waals surface area contributed by atoms with Crippen molar-refractivity contribution in [3.05, 3.63) is 58.1 Å². The Bertz CT molecular complexity index is 1180. The Kier molecular flexibility index (Phi) is 3.79. The number of nitrogens with one attached hydrogen (secondary N) is 1. The highest BCUT2D eigenvalue weighted by molar-refractivity contribution is 6.35. The van der Waals surface area contributed by atoms with Crippen LogP contribution in [0, 0.1) is 25.7 Å². The number of rotatable bonds is 1. The summed E-state index contributed by atoms with van der Waals surface area (Å²) in [5.41, 5.74) is 2.65. The van der Waals surface area contributed by atoms with Crippen LogP contribution in [0.25, 0.3) is 0 Å². The van der Waals surface area contributed by atoms with E-state index >= 15 is 0 Å². The molecular weight excluding hydrogens is 414 g/mol. The van der Waals surface area contributed by atoms with E-state index in [1.165, 1.54) is 4.90 Å². The topological polar surface area (TPSA) is 69.7 Å². The number of anilines is 2. The van der Waals surface area contributed by atoms with Gasteiger partial charge in [0.15, 0.2) is 0 Å². The summed E-state index contributed by atoms with van der Waals surface area (Å²) >= 11 is 6.50. The molecule has 1 spiro atoms. The molecule has 0 aliphatic carbocycles. The van der Waals surface area contributed by atoms with E-state index in [1.807, 2.05) is 38.1 Å². The summed E-state index contributed by atoms with van der Waals surface area (Å²) in [6.45, 7) is 4.57. The van der Waals surface area contributed by atoms with Crippen molar-refractivity contribution in [2.45, 2.75) is 38.3 Å². The molecule has 31 heavy (non-hydrogen) atoms. The van der Waals surface area contributed by atoms with Crippen LogP contribution in [0.4, 0.5) is 11.4 Å². The summed E-state index contributed by atoms with van der Waals surface area (Å²) in [6.07, 6.45) is 1.69. The molecule has 4 aliphatic heterocycles. The summed E-state index contributed by atoms with van der Waals surface area (Å²) in [5, 5.41) is 3.42. The number of hydrogen-bond donors (Lipinski definition) is 1. The second-order valence-electron chi connectivity index (χ2n) is 9.14.